The van der Waals surface area contributed by atoms with Gasteiger partial charge >= 0.3 is 0 Å². The van der Waals surface area contributed by atoms with Gasteiger partial charge in [-0.25, -0.2) is 19.9 Å². The lowest BCUT2D eigenvalue weighted by Gasteiger charge is -2.33. The third-order valence-electron chi connectivity index (χ3n) is 6.68. The summed E-state index contributed by atoms with van der Waals surface area (Å²) in [5.74, 6) is 2.53. The summed E-state index contributed by atoms with van der Waals surface area (Å²) in [6.45, 7) is 3.75. The maximum Gasteiger partial charge on any atom is 0.269 e. The van der Waals surface area contributed by atoms with E-state index in [9.17, 15) is 0 Å². The number of rotatable bonds is 2. The summed E-state index contributed by atoms with van der Waals surface area (Å²) in [5, 5.41) is 0. The summed E-state index contributed by atoms with van der Waals surface area (Å²) in [5.41, 5.74) is 8.35. The van der Waals surface area contributed by atoms with E-state index < -0.39 is 0 Å². The highest BCUT2D eigenvalue weighted by atomic mass is 16.5. The van der Waals surface area contributed by atoms with Gasteiger partial charge < -0.3 is 9.47 Å². The number of benzene rings is 2. The zero-order valence-corrected chi connectivity index (χ0v) is 19.1. The van der Waals surface area contributed by atoms with Crippen molar-refractivity contribution in [2.45, 2.75) is 13.8 Å². The van der Waals surface area contributed by atoms with Gasteiger partial charge in [-0.05, 0) is 43.7 Å². The van der Waals surface area contributed by atoms with Crippen molar-refractivity contribution in [1.29, 1.82) is 0 Å². The van der Waals surface area contributed by atoms with Gasteiger partial charge in [0, 0.05) is 45.1 Å². The predicted octanol–water partition coefficient (Wildman–Crippen LogP) is 3.34. The molecule has 8 heteroatoms. The molecule has 0 radical (unpaired) electrons. The van der Waals surface area contributed by atoms with Gasteiger partial charge in [-0.1, -0.05) is 30.3 Å². The first-order valence-electron chi connectivity index (χ1n) is 11.4. The van der Waals surface area contributed by atoms with Crippen molar-refractivity contribution >= 4 is 23.1 Å². The standard InChI is InChI=1S/C27H18BN5O2/c1-15-22-26(32-13-30-15)34-21-11-10-19(17-7-3-4-8-18(17)20-9-5-6-12-29-20)25-24(21)28(22)23-16(2)31-14-33-27(23)35-25/h3-14H,1-2H3. The van der Waals surface area contributed by atoms with E-state index in [1.165, 1.54) is 6.33 Å². The summed E-state index contributed by atoms with van der Waals surface area (Å²) < 4.78 is 12.8. The Balaban J connectivity index is 1.54. The minimum atomic E-state index is -0.197. The second kappa shape index (κ2) is 7.46. The van der Waals surface area contributed by atoms with Crippen LogP contribution in [0, 0.1) is 13.8 Å². The molecular weight excluding hydrogens is 437 g/mol. The molecule has 2 aliphatic heterocycles. The second-order valence-corrected chi connectivity index (χ2v) is 8.61. The molecule has 5 aromatic rings. The Bertz CT molecular complexity index is 1620. The van der Waals surface area contributed by atoms with Crippen molar-refractivity contribution in [2.24, 2.45) is 0 Å². The van der Waals surface area contributed by atoms with Crippen LogP contribution in [0.1, 0.15) is 11.4 Å². The molecule has 5 heterocycles. The fraction of sp³-hybridized carbons (Fsp3) is 0.0741. The summed E-state index contributed by atoms with van der Waals surface area (Å²) in [6, 6.07) is 18.2. The lowest BCUT2D eigenvalue weighted by Crippen LogP contribution is -2.59. The maximum atomic E-state index is 6.54. The Morgan fingerprint density at radius 3 is 2.00 bits per heavy atom. The Morgan fingerprint density at radius 1 is 0.600 bits per heavy atom. The molecule has 0 bridgehead atoms. The SMILES string of the molecule is Cc1ncnc2c1B1c3c(C)ncnc3Oc3c(-c4ccccc4-c4ccccn4)ccc(c31)O2. The van der Waals surface area contributed by atoms with Crippen LogP contribution in [0.3, 0.4) is 0 Å². The minimum absolute atomic E-state index is 0.197. The van der Waals surface area contributed by atoms with E-state index in [0.717, 1.165) is 55.9 Å². The summed E-state index contributed by atoms with van der Waals surface area (Å²) in [6.07, 6.45) is 4.88. The van der Waals surface area contributed by atoms with E-state index >= 15 is 0 Å². The van der Waals surface area contributed by atoms with E-state index in [4.69, 9.17) is 9.47 Å². The molecule has 0 N–H and O–H groups in total. The Morgan fingerprint density at radius 2 is 1.29 bits per heavy atom. The monoisotopic (exact) mass is 455 g/mol. The molecule has 0 aliphatic carbocycles. The molecule has 166 valence electrons. The quantitative estimate of drug-likeness (QED) is 0.370. The third-order valence-corrected chi connectivity index (χ3v) is 6.68. The van der Waals surface area contributed by atoms with Crippen LogP contribution < -0.4 is 25.9 Å². The number of ether oxygens (including phenoxy) is 2. The highest BCUT2D eigenvalue weighted by Crippen LogP contribution is 2.42. The molecular formula is C27H18BN5O2. The third kappa shape index (κ3) is 2.89. The number of aromatic nitrogens is 5. The predicted molar refractivity (Wildman–Crippen MR) is 133 cm³/mol. The zero-order chi connectivity index (χ0) is 23.5. The number of fused-ring (bicyclic) bond motifs is 4. The second-order valence-electron chi connectivity index (χ2n) is 8.61. The van der Waals surface area contributed by atoms with Gasteiger partial charge in [-0.3, -0.25) is 4.98 Å². The van der Waals surface area contributed by atoms with Crippen LogP contribution in [0.4, 0.5) is 0 Å². The number of aryl methyl sites for hydroxylation is 2. The molecule has 0 spiro atoms. The van der Waals surface area contributed by atoms with E-state index in [1.54, 1.807) is 12.5 Å². The summed E-state index contributed by atoms with van der Waals surface area (Å²) in [7, 11) is 0. The average Bonchev–Trinajstić information content (AvgIpc) is 2.89. The molecule has 7 nitrogen and oxygen atoms in total. The largest absolute Gasteiger partial charge is 0.440 e. The van der Waals surface area contributed by atoms with Gasteiger partial charge in [0.1, 0.15) is 24.2 Å². The van der Waals surface area contributed by atoms with Crippen molar-refractivity contribution in [3.05, 3.63) is 84.8 Å². The minimum Gasteiger partial charge on any atom is -0.440 e. The summed E-state index contributed by atoms with van der Waals surface area (Å²) in [4.78, 5) is 22.5. The van der Waals surface area contributed by atoms with Crippen LogP contribution >= 0.6 is 0 Å². The van der Waals surface area contributed by atoms with Crippen LogP contribution in [0.15, 0.2) is 73.4 Å². The van der Waals surface area contributed by atoms with Gasteiger partial charge in [0.25, 0.3) is 6.71 Å². The van der Waals surface area contributed by atoms with E-state index in [-0.39, 0.29) is 6.71 Å². The normalized spacial score (nSPS) is 12.7. The van der Waals surface area contributed by atoms with Crippen LogP contribution in [0.5, 0.6) is 23.3 Å². The lowest BCUT2D eigenvalue weighted by atomic mass is 9.34. The molecule has 0 saturated carbocycles. The molecule has 0 fully saturated rings. The number of nitrogens with zero attached hydrogens (tertiary/aromatic N) is 5. The molecule has 35 heavy (non-hydrogen) atoms. The highest BCUT2D eigenvalue weighted by Gasteiger charge is 2.44. The van der Waals surface area contributed by atoms with Crippen LogP contribution in [-0.4, -0.2) is 31.6 Å². The van der Waals surface area contributed by atoms with Crippen molar-refractivity contribution in [2.75, 3.05) is 0 Å². The van der Waals surface area contributed by atoms with Crippen LogP contribution in [-0.2, 0) is 0 Å². The van der Waals surface area contributed by atoms with Crippen molar-refractivity contribution < 1.29 is 9.47 Å². The van der Waals surface area contributed by atoms with E-state index in [0.29, 0.717) is 17.5 Å². The zero-order valence-electron chi connectivity index (χ0n) is 19.1. The Labute approximate surface area is 202 Å². The molecule has 2 aromatic carbocycles. The molecule has 7 rings (SSSR count). The molecule has 0 atom stereocenters. The number of pyridine rings is 1. The van der Waals surface area contributed by atoms with Crippen molar-refractivity contribution in [3.8, 4) is 45.6 Å². The Kier molecular flexibility index (Phi) is 4.23. The average molecular weight is 455 g/mol. The Hall–Kier alpha value is -4.59. The van der Waals surface area contributed by atoms with Crippen molar-refractivity contribution in [3.63, 3.8) is 0 Å². The first-order chi connectivity index (χ1) is 17.2. The molecule has 0 saturated heterocycles. The van der Waals surface area contributed by atoms with E-state index in [2.05, 4.69) is 37.1 Å². The molecule has 0 amide bonds. The first kappa shape index (κ1) is 19.8. The molecule has 0 unspecified atom stereocenters. The van der Waals surface area contributed by atoms with E-state index in [1.807, 2.05) is 56.3 Å². The highest BCUT2D eigenvalue weighted by molar-refractivity contribution is 6.98. The fourth-order valence-electron chi connectivity index (χ4n) is 5.11. The maximum absolute atomic E-state index is 6.54. The fourth-order valence-corrected chi connectivity index (χ4v) is 5.11. The lowest BCUT2D eigenvalue weighted by molar-refractivity contribution is 0.445. The van der Waals surface area contributed by atoms with Crippen LogP contribution in [0.25, 0.3) is 22.4 Å². The van der Waals surface area contributed by atoms with Gasteiger partial charge in [0.05, 0.1) is 5.69 Å². The number of hydrogen-bond acceptors (Lipinski definition) is 7. The van der Waals surface area contributed by atoms with Gasteiger partial charge in [-0.15, -0.1) is 0 Å². The van der Waals surface area contributed by atoms with Gasteiger partial charge in [0.2, 0.25) is 11.8 Å². The van der Waals surface area contributed by atoms with Gasteiger partial charge in [-0.2, -0.15) is 0 Å². The summed E-state index contributed by atoms with van der Waals surface area (Å²) >= 11 is 0. The smallest absolute Gasteiger partial charge is 0.269 e. The van der Waals surface area contributed by atoms with Crippen molar-refractivity contribution in [1.82, 2.24) is 24.9 Å². The molecule has 3 aromatic heterocycles. The first-order valence-corrected chi connectivity index (χ1v) is 11.4. The number of hydrogen-bond donors (Lipinski definition) is 0. The topological polar surface area (TPSA) is 82.9 Å². The van der Waals surface area contributed by atoms with Crippen LogP contribution in [0.2, 0.25) is 0 Å². The van der Waals surface area contributed by atoms with Gasteiger partial charge in [0.15, 0.2) is 0 Å². The molecule has 2 aliphatic rings.